The Kier molecular flexibility index (Phi) is 4.28. The molecule has 2 aromatic rings. The first-order valence-corrected chi connectivity index (χ1v) is 7.94. The van der Waals surface area contributed by atoms with Crippen LogP contribution < -0.4 is 10.6 Å². The first-order chi connectivity index (χ1) is 11.4. The fourth-order valence-corrected chi connectivity index (χ4v) is 2.63. The van der Waals surface area contributed by atoms with Gasteiger partial charge < -0.3 is 10.6 Å². The highest BCUT2D eigenvalue weighted by molar-refractivity contribution is 6.31. The van der Waals surface area contributed by atoms with Crippen LogP contribution in [0.15, 0.2) is 42.5 Å². The molecule has 0 unspecified atom stereocenters. The maximum atomic E-state index is 12.9. The second-order valence-corrected chi connectivity index (χ2v) is 6.32. The number of hydrogen-bond donors (Lipinski definition) is 2. The van der Waals surface area contributed by atoms with Crippen LogP contribution in [0.2, 0.25) is 5.02 Å². The fourth-order valence-electron chi connectivity index (χ4n) is 2.45. The SMILES string of the molecule is Cc1c(Cl)cccc1NC(=O)C1(C(=O)Nc2ccc(F)cc2)CC1. The van der Waals surface area contributed by atoms with Crippen LogP contribution in [0.3, 0.4) is 0 Å². The van der Waals surface area contributed by atoms with Gasteiger partial charge in [0.15, 0.2) is 0 Å². The summed E-state index contributed by atoms with van der Waals surface area (Å²) in [5.74, 6) is -1.12. The number of benzene rings is 2. The van der Waals surface area contributed by atoms with E-state index in [1.807, 2.05) is 0 Å². The largest absolute Gasteiger partial charge is 0.325 e. The van der Waals surface area contributed by atoms with Gasteiger partial charge in [0.05, 0.1) is 0 Å². The highest BCUT2D eigenvalue weighted by Crippen LogP contribution is 2.47. The minimum atomic E-state index is -1.08. The van der Waals surface area contributed by atoms with Gasteiger partial charge in [0.2, 0.25) is 11.8 Å². The Labute approximate surface area is 144 Å². The highest BCUT2D eigenvalue weighted by Gasteiger charge is 2.56. The van der Waals surface area contributed by atoms with Crippen LogP contribution in [0.25, 0.3) is 0 Å². The fraction of sp³-hybridized carbons (Fsp3) is 0.222. The van der Waals surface area contributed by atoms with Crippen LogP contribution in [-0.2, 0) is 9.59 Å². The molecule has 0 heterocycles. The predicted octanol–water partition coefficient (Wildman–Crippen LogP) is 4.14. The van der Waals surface area contributed by atoms with Crippen molar-refractivity contribution in [1.29, 1.82) is 0 Å². The van der Waals surface area contributed by atoms with Crippen LogP contribution in [-0.4, -0.2) is 11.8 Å². The molecule has 2 amide bonds. The molecule has 0 aromatic heterocycles. The van der Waals surface area contributed by atoms with E-state index in [9.17, 15) is 14.0 Å². The molecule has 1 saturated carbocycles. The second kappa shape index (κ2) is 6.24. The van der Waals surface area contributed by atoms with Crippen LogP contribution in [0.1, 0.15) is 18.4 Å². The van der Waals surface area contributed by atoms with E-state index in [4.69, 9.17) is 11.6 Å². The average Bonchev–Trinajstić information content (AvgIpc) is 3.36. The van der Waals surface area contributed by atoms with E-state index >= 15 is 0 Å². The Bertz CT molecular complexity index is 801. The van der Waals surface area contributed by atoms with Gasteiger partial charge in [0.25, 0.3) is 0 Å². The van der Waals surface area contributed by atoms with Gasteiger partial charge in [-0.05, 0) is 61.7 Å². The van der Waals surface area contributed by atoms with Gasteiger partial charge in [-0.2, -0.15) is 0 Å². The van der Waals surface area contributed by atoms with Gasteiger partial charge in [0.1, 0.15) is 11.2 Å². The van der Waals surface area contributed by atoms with Gasteiger partial charge in [-0.1, -0.05) is 17.7 Å². The minimum absolute atomic E-state index is 0.354. The third kappa shape index (κ3) is 3.12. The molecule has 0 bridgehead atoms. The van der Waals surface area contributed by atoms with Crippen molar-refractivity contribution < 1.29 is 14.0 Å². The van der Waals surface area contributed by atoms with Gasteiger partial charge in [-0.3, -0.25) is 9.59 Å². The maximum absolute atomic E-state index is 12.9. The quantitative estimate of drug-likeness (QED) is 0.817. The Morgan fingerprint density at radius 1 is 1.04 bits per heavy atom. The van der Waals surface area contributed by atoms with Gasteiger partial charge in [0, 0.05) is 16.4 Å². The Balaban J connectivity index is 1.73. The van der Waals surface area contributed by atoms with Crippen LogP contribution in [0, 0.1) is 18.2 Å². The van der Waals surface area contributed by atoms with Gasteiger partial charge in [-0.15, -0.1) is 0 Å². The topological polar surface area (TPSA) is 58.2 Å². The van der Waals surface area contributed by atoms with E-state index in [1.54, 1.807) is 25.1 Å². The number of nitrogens with one attached hydrogen (secondary N) is 2. The van der Waals surface area contributed by atoms with E-state index in [0.29, 0.717) is 29.2 Å². The van der Waals surface area contributed by atoms with E-state index in [-0.39, 0.29) is 17.6 Å². The Morgan fingerprint density at radius 2 is 1.67 bits per heavy atom. The molecule has 0 aliphatic heterocycles. The van der Waals surface area contributed by atoms with Crippen molar-refractivity contribution in [2.24, 2.45) is 5.41 Å². The number of anilines is 2. The molecular formula is C18H16ClFN2O2. The minimum Gasteiger partial charge on any atom is -0.325 e. The molecule has 24 heavy (non-hydrogen) atoms. The lowest BCUT2D eigenvalue weighted by molar-refractivity contribution is -0.131. The molecule has 1 fully saturated rings. The predicted molar refractivity (Wildman–Crippen MR) is 91.5 cm³/mol. The van der Waals surface area contributed by atoms with Crippen LogP contribution >= 0.6 is 11.6 Å². The number of halogens is 2. The highest BCUT2D eigenvalue weighted by atomic mass is 35.5. The number of carbonyl (C=O) groups excluding carboxylic acids is 2. The van der Waals surface area contributed by atoms with E-state index in [2.05, 4.69) is 10.6 Å². The van der Waals surface area contributed by atoms with E-state index in [1.165, 1.54) is 24.3 Å². The summed E-state index contributed by atoms with van der Waals surface area (Å²) in [7, 11) is 0. The van der Waals surface area contributed by atoms with E-state index < -0.39 is 5.41 Å². The summed E-state index contributed by atoms with van der Waals surface area (Å²) >= 11 is 6.05. The lowest BCUT2D eigenvalue weighted by Gasteiger charge is -2.17. The lowest BCUT2D eigenvalue weighted by atomic mass is 10.0. The molecule has 3 rings (SSSR count). The molecule has 2 N–H and O–H groups in total. The zero-order chi connectivity index (χ0) is 17.3. The first-order valence-electron chi connectivity index (χ1n) is 7.56. The molecule has 0 radical (unpaired) electrons. The number of hydrogen-bond acceptors (Lipinski definition) is 2. The summed E-state index contributed by atoms with van der Waals surface area (Å²) in [6, 6.07) is 10.6. The zero-order valence-electron chi connectivity index (χ0n) is 13.0. The number of rotatable bonds is 4. The van der Waals surface area contributed by atoms with Crippen molar-refractivity contribution in [2.75, 3.05) is 10.6 Å². The molecule has 6 heteroatoms. The van der Waals surface area contributed by atoms with Crippen molar-refractivity contribution in [3.8, 4) is 0 Å². The molecule has 0 spiro atoms. The monoisotopic (exact) mass is 346 g/mol. The summed E-state index contributed by atoms with van der Waals surface area (Å²) < 4.78 is 12.9. The normalized spacial score (nSPS) is 14.8. The van der Waals surface area contributed by atoms with Crippen LogP contribution in [0.5, 0.6) is 0 Å². The van der Waals surface area contributed by atoms with Crippen molar-refractivity contribution in [1.82, 2.24) is 0 Å². The standard InChI is InChI=1S/C18H16ClFN2O2/c1-11-14(19)3-2-4-15(11)22-17(24)18(9-10-18)16(23)21-13-7-5-12(20)6-8-13/h2-8H,9-10H2,1H3,(H,21,23)(H,22,24). The van der Waals surface area contributed by atoms with Gasteiger partial charge in [-0.25, -0.2) is 4.39 Å². The molecular weight excluding hydrogens is 331 g/mol. The first kappa shape index (κ1) is 16.5. The summed E-state index contributed by atoms with van der Waals surface area (Å²) in [5.41, 5.74) is 0.721. The molecule has 0 atom stereocenters. The molecule has 1 aliphatic carbocycles. The second-order valence-electron chi connectivity index (χ2n) is 5.91. The van der Waals surface area contributed by atoms with Crippen LogP contribution in [0.4, 0.5) is 15.8 Å². The summed E-state index contributed by atoms with van der Waals surface area (Å²) in [6.07, 6.45) is 0.955. The number of amides is 2. The Morgan fingerprint density at radius 3 is 2.29 bits per heavy atom. The summed E-state index contributed by atoms with van der Waals surface area (Å²) in [4.78, 5) is 25.0. The molecule has 4 nitrogen and oxygen atoms in total. The third-order valence-corrected chi connectivity index (χ3v) is 4.65. The van der Waals surface area contributed by atoms with Crippen molar-refractivity contribution in [3.05, 3.63) is 58.9 Å². The van der Waals surface area contributed by atoms with Gasteiger partial charge >= 0.3 is 0 Å². The molecule has 2 aromatic carbocycles. The average molecular weight is 347 g/mol. The molecule has 124 valence electrons. The Hall–Kier alpha value is -2.40. The summed E-state index contributed by atoms with van der Waals surface area (Å²) in [5, 5.41) is 6.01. The zero-order valence-corrected chi connectivity index (χ0v) is 13.8. The lowest BCUT2D eigenvalue weighted by Crippen LogP contribution is -2.35. The third-order valence-electron chi connectivity index (χ3n) is 4.24. The molecule has 0 saturated heterocycles. The summed E-state index contributed by atoms with van der Waals surface area (Å²) in [6.45, 7) is 1.80. The van der Waals surface area contributed by atoms with E-state index in [0.717, 1.165) is 5.56 Å². The van der Waals surface area contributed by atoms with Crippen molar-refractivity contribution in [2.45, 2.75) is 19.8 Å². The maximum Gasteiger partial charge on any atom is 0.240 e. The molecule has 1 aliphatic rings. The smallest absolute Gasteiger partial charge is 0.240 e. The number of carbonyl (C=O) groups is 2. The van der Waals surface area contributed by atoms with Crippen molar-refractivity contribution in [3.63, 3.8) is 0 Å². The van der Waals surface area contributed by atoms with Crippen molar-refractivity contribution >= 4 is 34.8 Å².